The minimum Gasteiger partial charge on any atom is -0.442 e. The molecule has 0 unspecified atom stereocenters. The van der Waals surface area contributed by atoms with Gasteiger partial charge in [-0.1, -0.05) is 11.4 Å². The Labute approximate surface area is 62.9 Å². The van der Waals surface area contributed by atoms with Crippen LogP contribution in [0.5, 0.6) is 0 Å². The first-order chi connectivity index (χ1) is 4.41. The van der Waals surface area contributed by atoms with Crippen molar-refractivity contribution >= 4 is 29.5 Å². The molecular weight excluding hydrogens is 164 g/mol. The smallest absolute Gasteiger partial charge is 0.283 e. The van der Waals surface area contributed by atoms with Gasteiger partial charge < -0.3 is 8.23 Å². The molecule has 0 fully saturated rings. The van der Waals surface area contributed by atoms with Gasteiger partial charge in [0.05, 0.1) is 0 Å². The van der Waals surface area contributed by atoms with E-state index in [9.17, 15) is 0 Å². The fourth-order valence-corrected chi connectivity index (χ4v) is 3.96. The molecule has 0 aromatic heterocycles. The van der Waals surface area contributed by atoms with E-state index >= 15 is 0 Å². The summed E-state index contributed by atoms with van der Waals surface area (Å²) in [5.74, 6) is 0. The predicted octanol–water partition coefficient (Wildman–Crippen LogP) is -1.53. The van der Waals surface area contributed by atoms with Crippen LogP contribution < -0.4 is 0 Å². The highest BCUT2D eigenvalue weighted by atomic mass is 28.4. The monoisotopic (exact) mass is 176 g/mol. The third-order valence-corrected chi connectivity index (χ3v) is 4.33. The molecule has 2 nitrogen and oxygen atoms in total. The van der Waals surface area contributed by atoms with Crippen LogP contribution in [0.15, 0.2) is 24.6 Å². The number of hydrogen-bond acceptors (Lipinski definition) is 2. The molecule has 0 aromatic carbocycles. The van der Waals surface area contributed by atoms with E-state index in [1.165, 1.54) is 0 Å². The molecule has 0 heterocycles. The van der Waals surface area contributed by atoms with Gasteiger partial charge in [-0.3, -0.25) is 0 Å². The Kier molecular flexibility index (Phi) is 8.10. The van der Waals surface area contributed by atoms with Crippen LogP contribution in [0, 0.1) is 0 Å². The molecule has 52 valence electrons. The van der Waals surface area contributed by atoms with Gasteiger partial charge in [-0.25, -0.2) is 0 Å². The van der Waals surface area contributed by atoms with Crippen molar-refractivity contribution in [2.75, 3.05) is 0 Å². The van der Waals surface area contributed by atoms with E-state index in [1.807, 2.05) is 11.4 Å². The maximum absolute atomic E-state index is 5.21. The lowest BCUT2D eigenvalue weighted by atomic mass is 11.3. The van der Waals surface area contributed by atoms with Crippen molar-refractivity contribution in [2.45, 2.75) is 0 Å². The zero-order chi connectivity index (χ0) is 6.95. The van der Waals surface area contributed by atoms with Gasteiger partial charge >= 0.3 is 0 Å². The van der Waals surface area contributed by atoms with Crippen LogP contribution in [0.4, 0.5) is 0 Å². The highest BCUT2D eigenvalue weighted by molar-refractivity contribution is 6.49. The molecule has 0 aliphatic carbocycles. The Morgan fingerprint density at radius 1 is 1.00 bits per heavy atom. The molecule has 9 heavy (non-hydrogen) atoms. The second kappa shape index (κ2) is 8.05. The van der Waals surface area contributed by atoms with Gasteiger partial charge in [0.15, 0.2) is 19.5 Å². The summed E-state index contributed by atoms with van der Waals surface area (Å²) in [6.07, 6.45) is 0. The van der Waals surface area contributed by atoms with Crippen LogP contribution in [0.1, 0.15) is 0 Å². The largest absolute Gasteiger partial charge is 0.442 e. The molecule has 5 heteroatoms. The molecule has 0 rings (SSSR count). The zero-order valence-electron chi connectivity index (χ0n) is 5.51. The summed E-state index contributed by atoms with van der Waals surface area (Å²) in [5.41, 5.74) is 3.73. The van der Waals surface area contributed by atoms with E-state index < -0.39 is 29.5 Å². The van der Waals surface area contributed by atoms with E-state index in [-0.39, 0.29) is 0 Å². The van der Waals surface area contributed by atoms with E-state index in [1.54, 1.807) is 0 Å². The topological polar surface area (TPSA) is 18.5 Å². The lowest BCUT2D eigenvalue weighted by Crippen LogP contribution is -2.08. The Hall–Kier alpha value is 0.0506. The summed E-state index contributed by atoms with van der Waals surface area (Å²) in [4.78, 5) is 0. The van der Waals surface area contributed by atoms with Gasteiger partial charge in [0.2, 0.25) is 0 Å². The van der Waals surface area contributed by atoms with E-state index in [0.717, 1.165) is 0 Å². The van der Waals surface area contributed by atoms with E-state index in [0.29, 0.717) is 0 Å². The molecule has 0 atom stereocenters. The van der Waals surface area contributed by atoms with Crippen LogP contribution in [-0.4, -0.2) is 29.5 Å². The maximum atomic E-state index is 5.21. The van der Waals surface area contributed by atoms with Gasteiger partial charge in [-0.2, -0.15) is 0 Å². The molecule has 0 saturated carbocycles. The van der Waals surface area contributed by atoms with Crippen LogP contribution in [0.2, 0.25) is 0 Å². The Bertz CT molecular complexity index is 75.9. The summed E-state index contributed by atoms with van der Waals surface area (Å²) >= 11 is 0. The van der Waals surface area contributed by atoms with E-state index in [2.05, 4.69) is 13.2 Å². The Morgan fingerprint density at radius 3 is 1.78 bits per heavy atom. The highest BCUT2D eigenvalue weighted by Crippen LogP contribution is 1.70. The molecule has 0 aromatic rings. The molecule has 0 aliphatic rings. The molecule has 0 bridgehead atoms. The van der Waals surface area contributed by atoms with Crippen molar-refractivity contribution in [3.63, 3.8) is 0 Å². The highest BCUT2D eigenvalue weighted by Gasteiger charge is 1.82. The lowest BCUT2D eigenvalue weighted by Gasteiger charge is -1.98. The standard InChI is InChI=1S/C4H12O2Si3/c1-3-7-5-9-6-8-4-2/h3-4H,1-2,7-9H2. The average molecular weight is 176 g/mol. The van der Waals surface area contributed by atoms with Crippen LogP contribution in [0.25, 0.3) is 0 Å². The molecule has 0 N–H and O–H groups in total. The minimum atomic E-state index is -0.630. The van der Waals surface area contributed by atoms with Crippen molar-refractivity contribution in [1.29, 1.82) is 0 Å². The maximum Gasteiger partial charge on any atom is 0.283 e. The second-order valence-corrected chi connectivity index (χ2v) is 6.76. The van der Waals surface area contributed by atoms with Gasteiger partial charge in [-0.05, 0) is 0 Å². The summed E-state index contributed by atoms with van der Waals surface area (Å²) < 4.78 is 10.4. The molecule has 0 amide bonds. The summed E-state index contributed by atoms with van der Waals surface area (Å²) in [7, 11) is -1.47. The summed E-state index contributed by atoms with van der Waals surface area (Å²) in [6.45, 7) is 7.15. The minimum absolute atomic E-state index is 0.418. The Balaban J connectivity index is 2.74. The molecule has 0 aliphatic heterocycles. The first-order valence-corrected chi connectivity index (χ1v) is 6.73. The predicted molar refractivity (Wildman–Crippen MR) is 48.2 cm³/mol. The average Bonchev–Trinajstić information content (AvgIpc) is 1.89. The fourth-order valence-electron chi connectivity index (χ4n) is 0.322. The van der Waals surface area contributed by atoms with Crippen molar-refractivity contribution in [2.24, 2.45) is 0 Å². The molecular formula is C4H12O2Si3. The zero-order valence-corrected chi connectivity index (χ0v) is 9.75. The lowest BCUT2D eigenvalue weighted by molar-refractivity contribution is 0.501. The molecule has 0 spiro atoms. The quantitative estimate of drug-likeness (QED) is 0.361. The Morgan fingerprint density at radius 2 is 1.44 bits per heavy atom. The van der Waals surface area contributed by atoms with Gasteiger partial charge in [0.25, 0.3) is 10.0 Å². The fraction of sp³-hybridized carbons (Fsp3) is 0. The summed E-state index contributed by atoms with van der Waals surface area (Å²) in [6, 6.07) is 0. The van der Waals surface area contributed by atoms with Gasteiger partial charge in [0.1, 0.15) is 0 Å². The van der Waals surface area contributed by atoms with Crippen LogP contribution in [-0.2, 0) is 8.23 Å². The number of hydrogen-bond donors (Lipinski definition) is 0. The third kappa shape index (κ3) is 8.05. The van der Waals surface area contributed by atoms with Crippen LogP contribution in [0.3, 0.4) is 0 Å². The first-order valence-electron chi connectivity index (χ1n) is 2.79. The van der Waals surface area contributed by atoms with Gasteiger partial charge in [-0.15, -0.1) is 13.2 Å². The van der Waals surface area contributed by atoms with Crippen molar-refractivity contribution < 1.29 is 8.23 Å². The normalized spacial score (nSPS) is 12.9. The van der Waals surface area contributed by atoms with E-state index in [4.69, 9.17) is 8.23 Å². The molecule has 0 radical (unpaired) electrons. The van der Waals surface area contributed by atoms with Crippen molar-refractivity contribution in [1.82, 2.24) is 0 Å². The van der Waals surface area contributed by atoms with Gasteiger partial charge in [0, 0.05) is 0 Å². The van der Waals surface area contributed by atoms with Crippen molar-refractivity contribution in [3.05, 3.63) is 24.6 Å². The second-order valence-electron chi connectivity index (χ2n) is 1.44. The third-order valence-electron chi connectivity index (χ3n) is 0.638. The first kappa shape index (κ1) is 9.05. The van der Waals surface area contributed by atoms with Crippen molar-refractivity contribution in [3.8, 4) is 0 Å². The van der Waals surface area contributed by atoms with Crippen LogP contribution >= 0.6 is 0 Å². The SMILES string of the molecule is C=C[SiH2]O[SiH2]O[SiH2]C=C. The number of rotatable bonds is 6. The summed E-state index contributed by atoms with van der Waals surface area (Å²) in [5, 5.41) is 0. The molecule has 0 saturated heterocycles.